The lowest BCUT2D eigenvalue weighted by atomic mass is 10.0. The smallest absolute Gasteiger partial charge is 0.336 e. The van der Waals surface area contributed by atoms with Crippen molar-refractivity contribution in [2.45, 2.75) is 64.3 Å². The lowest BCUT2D eigenvalue weighted by molar-refractivity contribution is -0.136. The molecule has 0 aliphatic carbocycles. The van der Waals surface area contributed by atoms with Crippen LogP contribution >= 0.6 is 0 Å². The van der Waals surface area contributed by atoms with Gasteiger partial charge < -0.3 is 9.15 Å². The van der Waals surface area contributed by atoms with Gasteiger partial charge in [0, 0.05) is 6.07 Å². The van der Waals surface area contributed by atoms with Crippen LogP contribution in [-0.2, 0) is 21.2 Å². The lowest BCUT2D eigenvalue weighted by Gasteiger charge is -2.18. The third-order valence-electron chi connectivity index (χ3n) is 5.37. The van der Waals surface area contributed by atoms with E-state index < -0.39 is 27.7 Å². The standard InChI is InChI=1S/C25H29NO6S/c1-5-7-8-18-15-23(27)31-21-13-17(4)14-22(24(18)21)32-25(28)20(6-2)26-33(29,30)19-11-9-16(3)10-12-19/h9-15,20,26H,5-8H2,1-4H3/t20-/m0/s1. The molecule has 176 valence electrons. The summed E-state index contributed by atoms with van der Waals surface area (Å²) >= 11 is 0. The molecule has 0 spiro atoms. The first-order valence-corrected chi connectivity index (χ1v) is 12.5. The van der Waals surface area contributed by atoms with Crippen molar-refractivity contribution in [3.8, 4) is 5.75 Å². The van der Waals surface area contributed by atoms with Crippen LogP contribution in [0, 0.1) is 13.8 Å². The highest BCUT2D eigenvalue weighted by molar-refractivity contribution is 7.89. The van der Waals surface area contributed by atoms with Gasteiger partial charge in [0.1, 0.15) is 17.4 Å². The summed E-state index contributed by atoms with van der Waals surface area (Å²) in [6.07, 6.45) is 2.62. The summed E-state index contributed by atoms with van der Waals surface area (Å²) in [5.41, 5.74) is 2.28. The van der Waals surface area contributed by atoms with Gasteiger partial charge >= 0.3 is 11.6 Å². The Morgan fingerprint density at radius 1 is 1.06 bits per heavy atom. The summed E-state index contributed by atoms with van der Waals surface area (Å²) in [5, 5.41) is 0.554. The Morgan fingerprint density at radius 2 is 1.76 bits per heavy atom. The fourth-order valence-corrected chi connectivity index (χ4v) is 4.83. The molecule has 0 bridgehead atoms. The van der Waals surface area contributed by atoms with Gasteiger partial charge in [-0.2, -0.15) is 4.72 Å². The number of carbonyl (C=O) groups is 1. The molecule has 33 heavy (non-hydrogen) atoms. The fraction of sp³-hybridized carbons (Fsp3) is 0.360. The maximum absolute atomic E-state index is 13.0. The van der Waals surface area contributed by atoms with Crippen molar-refractivity contribution in [3.05, 3.63) is 69.6 Å². The predicted molar refractivity (Wildman–Crippen MR) is 127 cm³/mol. The molecule has 0 aliphatic rings. The average Bonchev–Trinajstić information content (AvgIpc) is 2.75. The number of hydrogen-bond acceptors (Lipinski definition) is 6. The first kappa shape index (κ1) is 24.7. The van der Waals surface area contributed by atoms with Crippen LogP contribution in [0.5, 0.6) is 5.75 Å². The summed E-state index contributed by atoms with van der Waals surface area (Å²) in [7, 11) is -3.91. The van der Waals surface area contributed by atoms with Crippen LogP contribution in [0.4, 0.5) is 0 Å². The molecule has 8 heteroatoms. The van der Waals surface area contributed by atoms with Gasteiger partial charge in [0.25, 0.3) is 0 Å². The topological polar surface area (TPSA) is 103 Å². The van der Waals surface area contributed by atoms with Gasteiger partial charge in [0.2, 0.25) is 10.0 Å². The van der Waals surface area contributed by atoms with E-state index in [-0.39, 0.29) is 17.1 Å². The van der Waals surface area contributed by atoms with Gasteiger partial charge in [-0.3, -0.25) is 0 Å². The molecule has 1 heterocycles. The Labute approximate surface area is 193 Å². The van der Waals surface area contributed by atoms with Crippen molar-refractivity contribution < 1.29 is 22.4 Å². The van der Waals surface area contributed by atoms with Crippen LogP contribution in [0.3, 0.4) is 0 Å². The Morgan fingerprint density at radius 3 is 2.39 bits per heavy atom. The Balaban J connectivity index is 1.94. The minimum atomic E-state index is -3.91. The van der Waals surface area contributed by atoms with Crippen LogP contribution < -0.4 is 15.1 Å². The quantitative estimate of drug-likeness (QED) is 0.282. The summed E-state index contributed by atoms with van der Waals surface area (Å²) < 4.78 is 39.1. The maximum Gasteiger partial charge on any atom is 0.336 e. The van der Waals surface area contributed by atoms with E-state index in [1.54, 1.807) is 38.1 Å². The molecule has 0 aliphatic heterocycles. The van der Waals surface area contributed by atoms with Gasteiger partial charge in [-0.05, 0) is 68.5 Å². The predicted octanol–water partition coefficient (Wildman–Crippen LogP) is 4.41. The minimum absolute atomic E-state index is 0.0731. The van der Waals surface area contributed by atoms with Gasteiger partial charge in [-0.15, -0.1) is 0 Å². The number of fused-ring (bicyclic) bond motifs is 1. The monoisotopic (exact) mass is 471 g/mol. The van der Waals surface area contributed by atoms with Crippen molar-refractivity contribution in [2.75, 3.05) is 0 Å². The number of unbranched alkanes of at least 4 members (excludes halogenated alkanes) is 1. The van der Waals surface area contributed by atoms with Crippen molar-refractivity contribution in [2.24, 2.45) is 0 Å². The second-order valence-corrected chi connectivity index (χ2v) is 9.86. The largest absolute Gasteiger partial charge is 0.425 e. The lowest BCUT2D eigenvalue weighted by Crippen LogP contribution is -2.42. The van der Waals surface area contributed by atoms with Crippen LogP contribution in [0.15, 0.2) is 56.6 Å². The van der Waals surface area contributed by atoms with E-state index in [4.69, 9.17) is 9.15 Å². The average molecular weight is 472 g/mol. The normalized spacial score (nSPS) is 12.6. The van der Waals surface area contributed by atoms with E-state index in [1.165, 1.54) is 18.2 Å². The number of benzene rings is 2. The molecule has 0 unspecified atom stereocenters. The van der Waals surface area contributed by atoms with E-state index in [2.05, 4.69) is 4.72 Å². The maximum atomic E-state index is 13.0. The summed E-state index contributed by atoms with van der Waals surface area (Å²) in [5.74, 6) is -0.481. The Hall–Kier alpha value is -2.97. The highest BCUT2D eigenvalue weighted by Crippen LogP contribution is 2.31. The second kappa shape index (κ2) is 10.3. The third kappa shape index (κ3) is 5.89. The Kier molecular flexibility index (Phi) is 7.71. The molecule has 7 nitrogen and oxygen atoms in total. The molecule has 3 aromatic rings. The van der Waals surface area contributed by atoms with E-state index in [1.807, 2.05) is 13.8 Å². The highest BCUT2D eigenvalue weighted by Gasteiger charge is 2.27. The van der Waals surface area contributed by atoms with Crippen LogP contribution in [-0.4, -0.2) is 20.4 Å². The molecule has 3 rings (SSSR count). The number of carbonyl (C=O) groups excluding carboxylic acids is 1. The first-order valence-electron chi connectivity index (χ1n) is 11.0. The second-order valence-electron chi connectivity index (χ2n) is 8.15. The third-order valence-corrected chi connectivity index (χ3v) is 6.85. The van der Waals surface area contributed by atoms with Gasteiger partial charge in [-0.25, -0.2) is 18.0 Å². The van der Waals surface area contributed by atoms with Crippen LogP contribution in [0.25, 0.3) is 11.0 Å². The van der Waals surface area contributed by atoms with E-state index in [0.29, 0.717) is 17.4 Å². The molecule has 0 amide bonds. The molecule has 1 atom stereocenters. The molecular weight excluding hydrogens is 442 g/mol. The van der Waals surface area contributed by atoms with E-state index in [0.717, 1.165) is 29.5 Å². The number of ether oxygens (including phenoxy) is 1. The highest BCUT2D eigenvalue weighted by atomic mass is 32.2. The van der Waals surface area contributed by atoms with Gasteiger partial charge in [0.15, 0.2) is 0 Å². The molecule has 0 radical (unpaired) electrons. The number of esters is 1. The molecule has 0 saturated heterocycles. The minimum Gasteiger partial charge on any atom is -0.425 e. The molecule has 2 aromatic carbocycles. The van der Waals surface area contributed by atoms with Crippen LogP contribution in [0.2, 0.25) is 0 Å². The summed E-state index contributed by atoms with van der Waals surface area (Å²) in [6.45, 7) is 7.40. The van der Waals surface area contributed by atoms with Gasteiger partial charge in [-0.1, -0.05) is 38.0 Å². The number of sulfonamides is 1. The fourth-order valence-electron chi connectivity index (χ4n) is 3.57. The van der Waals surface area contributed by atoms with Crippen molar-refractivity contribution in [3.63, 3.8) is 0 Å². The van der Waals surface area contributed by atoms with Gasteiger partial charge in [0.05, 0.1) is 10.3 Å². The first-order chi connectivity index (χ1) is 15.6. The Bertz CT molecular complexity index is 1310. The van der Waals surface area contributed by atoms with Crippen molar-refractivity contribution in [1.29, 1.82) is 0 Å². The molecule has 1 aromatic heterocycles. The molecule has 0 fully saturated rings. The zero-order chi connectivity index (χ0) is 24.2. The van der Waals surface area contributed by atoms with Crippen molar-refractivity contribution >= 4 is 27.0 Å². The number of nitrogens with one attached hydrogen (secondary N) is 1. The summed E-state index contributed by atoms with van der Waals surface area (Å²) in [6, 6.07) is 10.1. The SMILES string of the molecule is CCCCc1cc(=O)oc2cc(C)cc(OC(=O)[C@H](CC)NS(=O)(=O)c3ccc(C)cc3)c12. The molecule has 1 N–H and O–H groups in total. The number of aryl methyl sites for hydroxylation is 3. The molecular formula is C25H29NO6S. The molecule has 0 saturated carbocycles. The van der Waals surface area contributed by atoms with Crippen molar-refractivity contribution in [1.82, 2.24) is 4.72 Å². The zero-order valence-corrected chi connectivity index (χ0v) is 20.1. The summed E-state index contributed by atoms with van der Waals surface area (Å²) in [4.78, 5) is 25.1. The van der Waals surface area contributed by atoms with Crippen LogP contribution in [0.1, 0.15) is 49.8 Å². The zero-order valence-electron chi connectivity index (χ0n) is 19.3. The number of hydrogen-bond donors (Lipinski definition) is 1. The number of rotatable bonds is 9. The van der Waals surface area contributed by atoms with E-state index >= 15 is 0 Å². The van der Waals surface area contributed by atoms with E-state index in [9.17, 15) is 18.0 Å².